The van der Waals surface area contributed by atoms with Gasteiger partial charge in [0.05, 0.1) is 0 Å². The normalized spacial score (nSPS) is 10.5. The molecule has 2 heterocycles. The largest absolute Gasteiger partial charge is 0.293 e. The van der Waals surface area contributed by atoms with Crippen molar-refractivity contribution in [3.05, 3.63) is 33.7 Å². The molecule has 68 valence electrons. The van der Waals surface area contributed by atoms with Gasteiger partial charge in [-0.3, -0.25) is 9.89 Å². The summed E-state index contributed by atoms with van der Waals surface area (Å²) in [6.07, 6.45) is 2.51. The van der Waals surface area contributed by atoms with Crippen molar-refractivity contribution in [1.29, 1.82) is 0 Å². The van der Waals surface area contributed by atoms with Gasteiger partial charge in [0.15, 0.2) is 0 Å². The molecule has 0 atom stereocenters. The number of nitrogens with one attached hydrogen (secondary N) is 1. The van der Waals surface area contributed by atoms with Gasteiger partial charge in [0.1, 0.15) is 0 Å². The number of aromatic amines is 1. The fourth-order valence-corrected chi connectivity index (χ4v) is 1.70. The van der Waals surface area contributed by atoms with E-state index < -0.39 is 0 Å². The van der Waals surface area contributed by atoms with Crippen molar-refractivity contribution >= 4 is 11.3 Å². The summed E-state index contributed by atoms with van der Waals surface area (Å²) >= 11 is 1.43. The van der Waals surface area contributed by atoms with Crippen LogP contribution >= 0.6 is 11.3 Å². The zero-order chi connectivity index (χ0) is 9.26. The van der Waals surface area contributed by atoms with Crippen LogP contribution in [0.3, 0.4) is 0 Å². The second-order valence-corrected chi connectivity index (χ2v) is 3.50. The zero-order valence-electron chi connectivity index (χ0n) is 7.15. The molecule has 0 aliphatic carbocycles. The van der Waals surface area contributed by atoms with Gasteiger partial charge in [-0.15, -0.1) is 11.3 Å². The zero-order valence-corrected chi connectivity index (χ0v) is 7.97. The van der Waals surface area contributed by atoms with Gasteiger partial charge < -0.3 is 0 Å². The third-order valence-corrected chi connectivity index (χ3v) is 2.52. The van der Waals surface area contributed by atoms with Crippen molar-refractivity contribution in [1.82, 2.24) is 14.8 Å². The fraction of sp³-hybridized carbons (Fsp3) is 0.250. The van der Waals surface area contributed by atoms with E-state index in [2.05, 4.69) is 10.1 Å². The van der Waals surface area contributed by atoms with Crippen LogP contribution in [0.4, 0.5) is 0 Å². The summed E-state index contributed by atoms with van der Waals surface area (Å²) in [5, 5.41) is 5.51. The van der Waals surface area contributed by atoms with E-state index in [0.717, 1.165) is 12.1 Å². The maximum absolute atomic E-state index is 11.4. The van der Waals surface area contributed by atoms with E-state index in [1.807, 2.05) is 12.3 Å². The number of rotatable bonds is 2. The Labute approximate surface area is 78.8 Å². The van der Waals surface area contributed by atoms with Crippen LogP contribution in [0.1, 0.15) is 12.6 Å². The molecule has 0 fully saturated rings. The monoisotopic (exact) mass is 195 g/mol. The summed E-state index contributed by atoms with van der Waals surface area (Å²) in [5.74, 6) is 0. The second-order valence-electron chi connectivity index (χ2n) is 2.62. The molecule has 0 aromatic carbocycles. The van der Waals surface area contributed by atoms with Crippen LogP contribution in [-0.4, -0.2) is 14.8 Å². The topological polar surface area (TPSA) is 50.7 Å². The Morgan fingerprint density at radius 2 is 2.54 bits per heavy atom. The van der Waals surface area contributed by atoms with Gasteiger partial charge >= 0.3 is 0 Å². The first-order chi connectivity index (χ1) is 6.31. The molecule has 4 nitrogen and oxygen atoms in total. The van der Waals surface area contributed by atoms with Crippen molar-refractivity contribution in [3.63, 3.8) is 0 Å². The van der Waals surface area contributed by atoms with E-state index >= 15 is 0 Å². The van der Waals surface area contributed by atoms with Gasteiger partial charge in [-0.1, -0.05) is 6.92 Å². The highest BCUT2D eigenvalue weighted by Gasteiger charge is 2.04. The smallest absolute Gasteiger partial charge is 0.273 e. The molecule has 13 heavy (non-hydrogen) atoms. The molecule has 2 aromatic heterocycles. The van der Waals surface area contributed by atoms with Gasteiger partial charge in [0, 0.05) is 23.3 Å². The summed E-state index contributed by atoms with van der Waals surface area (Å²) in [5.41, 5.74) is 0.881. The number of hydrogen-bond donors (Lipinski definition) is 1. The lowest BCUT2D eigenvalue weighted by Crippen LogP contribution is -2.12. The lowest BCUT2D eigenvalue weighted by Gasteiger charge is -1.93. The number of aromatic nitrogens is 3. The summed E-state index contributed by atoms with van der Waals surface area (Å²) in [4.78, 5) is 15.4. The van der Waals surface area contributed by atoms with Crippen LogP contribution in [0.5, 0.6) is 0 Å². The molecule has 0 amide bonds. The van der Waals surface area contributed by atoms with Crippen LogP contribution < -0.4 is 5.56 Å². The van der Waals surface area contributed by atoms with E-state index in [4.69, 9.17) is 0 Å². The van der Waals surface area contributed by atoms with Gasteiger partial charge in [-0.05, 0) is 6.42 Å². The van der Waals surface area contributed by atoms with Crippen LogP contribution in [0, 0.1) is 0 Å². The maximum atomic E-state index is 11.4. The highest BCUT2D eigenvalue weighted by molar-refractivity contribution is 7.12. The average molecular weight is 195 g/mol. The standard InChI is InChI=1S/C8H9N3OS/c1-2-6-5-7(12)11(10-6)8-9-3-4-13-8/h3-5,10H,2H2,1H3. The van der Waals surface area contributed by atoms with Crippen molar-refractivity contribution in [3.8, 4) is 5.13 Å². The van der Waals surface area contributed by atoms with Gasteiger partial charge in [0.25, 0.3) is 5.56 Å². The summed E-state index contributed by atoms with van der Waals surface area (Å²) in [6.45, 7) is 2.00. The Hall–Kier alpha value is -1.36. The first-order valence-corrected chi connectivity index (χ1v) is 4.90. The minimum absolute atomic E-state index is 0.0493. The van der Waals surface area contributed by atoms with Crippen molar-refractivity contribution < 1.29 is 0 Å². The summed E-state index contributed by atoms with van der Waals surface area (Å²) < 4.78 is 1.46. The molecule has 5 heteroatoms. The lowest BCUT2D eigenvalue weighted by molar-refractivity contribution is 0.812. The average Bonchev–Trinajstić information content (AvgIpc) is 2.72. The molecule has 0 spiro atoms. The number of hydrogen-bond acceptors (Lipinski definition) is 3. The second kappa shape index (κ2) is 3.18. The Balaban J connectivity index is 2.52. The molecule has 0 radical (unpaired) electrons. The van der Waals surface area contributed by atoms with Crippen molar-refractivity contribution in [2.24, 2.45) is 0 Å². The Morgan fingerprint density at radius 3 is 3.08 bits per heavy atom. The minimum atomic E-state index is -0.0493. The maximum Gasteiger partial charge on any atom is 0.273 e. The minimum Gasteiger partial charge on any atom is -0.293 e. The molecule has 0 saturated carbocycles. The molecule has 2 aromatic rings. The molecule has 1 N–H and O–H groups in total. The lowest BCUT2D eigenvalue weighted by atomic mass is 10.3. The van der Waals surface area contributed by atoms with Crippen molar-refractivity contribution in [2.45, 2.75) is 13.3 Å². The molecule has 0 unspecified atom stereocenters. The van der Waals surface area contributed by atoms with E-state index in [1.165, 1.54) is 16.0 Å². The van der Waals surface area contributed by atoms with Gasteiger partial charge in [0.2, 0.25) is 5.13 Å². The van der Waals surface area contributed by atoms with E-state index in [9.17, 15) is 4.79 Å². The summed E-state index contributed by atoms with van der Waals surface area (Å²) in [6, 6.07) is 1.60. The predicted octanol–water partition coefficient (Wildman–Crippen LogP) is 1.18. The van der Waals surface area contributed by atoms with Crippen LogP contribution in [0.15, 0.2) is 22.4 Å². The van der Waals surface area contributed by atoms with Crippen molar-refractivity contribution in [2.75, 3.05) is 0 Å². The van der Waals surface area contributed by atoms with Crippen LogP contribution in [-0.2, 0) is 6.42 Å². The Morgan fingerprint density at radius 1 is 1.69 bits per heavy atom. The Kier molecular flexibility index (Phi) is 2.02. The first kappa shape index (κ1) is 8.25. The highest BCUT2D eigenvalue weighted by Crippen LogP contribution is 2.07. The third-order valence-electron chi connectivity index (χ3n) is 1.76. The fourth-order valence-electron chi connectivity index (χ4n) is 1.09. The number of nitrogens with zero attached hydrogens (tertiary/aromatic N) is 2. The Bertz CT molecular complexity index is 440. The molecular weight excluding hydrogens is 186 g/mol. The number of thiazole rings is 1. The molecule has 0 aliphatic rings. The van der Waals surface area contributed by atoms with E-state index in [1.54, 1.807) is 12.3 Å². The van der Waals surface area contributed by atoms with Gasteiger partial charge in [-0.2, -0.15) is 4.68 Å². The quantitative estimate of drug-likeness (QED) is 0.782. The first-order valence-electron chi connectivity index (χ1n) is 4.02. The molecule has 2 rings (SSSR count). The van der Waals surface area contributed by atoms with Gasteiger partial charge in [-0.25, -0.2) is 4.98 Å². The number of H-pyrrole nitrogens is 1. The highest BCUT2D eigenvalue weighted by atomic mass is 32.1. The van der Waals surface area contributed by atoms with E-state index in [-0.39, 0.29) is 5.56 Å². The van der Waals surface area contributed by atoms with Crippen LogP contribution in [0.25, 0.3) is 5.13 Å². The SMILES string of the molecule is CCc1cc(=O)n(-c2nccs2)[nH]1. The third kappa shape index (κ3) is 1.42. The van der Waals surface area contributed by atoms with E-state index in [0.29, 0.717) is 5.13 Å². The molecular formula is C8H9N3OS. The molecule has 0 aliphatic heterocycles. The predicted molar refractivity (Wildman–Crippen MR) is 51.4 cm³/mol. The summed E-state index contributed by atoms with van der Waals surface area (Å²) in [7, 11) is 0. The van der Waals surface area contributed by atoms with Crippen LogP contribution in [0.2, 0.25) is 0 Å². The molecule has 0 bridgehead atoms. The number of aryl methyl sites for hydroxylation is 1. The molecule has 0 saturated heterocycles.